The number of unbranched alkanes of at least 4 members (excludes halogenated alkanes) is 1. The third kappa shape index (κ3) is 6.26. The van der Waals surface area contributed by atoms with Crippen molar-refractivity contribution in [2.24, 2.45) is 5.92 Å². The van der Waals surface area contributed by atoms with Gasteiger partial charge in [-0.1, -0.05) is 33.1 Å². The molecule has 1 N–H and O–H groups in total. The summed E-state index contributed by atoms with van der Waals surface area (Å²) in [5.74, 6) is 0.810. The third-order valence-electron chi connectivity index (χ3n) is 3.71. The fraction of sp³-hybridized carbons (Fsp3) is 0.750. The SMILES string of the molecule is CCCCC(CC)Cn1cccc1CNCCOC. The second-order valence-corrected chi connectivity index (χ2v) is 5.24. The van der Waals surface area contributed by atoms with E-state index in [1.807, 2.05) is 0 Å². The molecule has 0 aromatic carbocycles. The summed E-state index contributed by atoms with van der Waals surface area (Å²) in [7, 11) is 1.74. The predicted molar refractivity (Wildman–Crippen MR) is 81.3 cm³/mol. The van der Waals surface area contributed by atoms with Gasteiger partial charge in [0.15, 0.2) is 0 Å². The van der Waals surface area contributed by atoms with E-state index in [2.05, 4.69) is 42.1 Å². The van der Waals surface area contributed by atoms with E-state index >= 15 is 0 Å². The minimum atomic E-state index is 0.773. The van der Waals surface area contributed by atoms with Gasteiger partial charge in [-0.15, -0.1) is 0 Å². The number of rotatable bonds is 11. The van der Waals surface area contributed by atoms with Gasteiger partial charge in [0.25, 0.3) is 0 Å². The zero-order chi connectivity index (χ0) is 13.9. The summed E-state index contributed by atoms with van der Waals surface area (Å²) in [4.78, 5) is 0. The van der Waals surface area contributed by atoms with Crippen LogP contribution < -0.4 is 5.32 Å². The van der Waals surface area contributed by atoms with Gasteiger partial charge >= 0.3 is 0 Å². The van der Waals surface area contributed by atoms with Gasteiger partial charge in [0, 0.05) is 38.6 Å². The van der Waals surface area contributed by atoms with Crippen molar-refractivity contribution in [3.63, 3.8) is 0 Å². The molecule has 3 heteroatoms. The molecule has 110 valence electrons. The molecule has 0 saturated carbocycles. The van der Waals surface area contributed by atoms with Crippen molar-refractivity contribution < 1.29 is 4.74 Å². The number of nitrogens with zero attached hydrogens (tertiary/aromatic N) is 1. The molecular weight excluding hydrogens is 236 g/mol. The van der Waals surface area contributed by atoms with Crippen molar-refractivity contribution in [3.8, 4) is 0 Å². The molecule has 0 aliphatic rings. The molecule has 0 radical (unpaired) electrons. The summed E-state index contributed by atoms with van der Waals surface area (Å²) in [6, 6.07) is 4.37. The van der Waals surface area contributed by atoms with E-state index in [4.69, 9.17) is 4.74 Å². The highest BCUT2D eigenvalue weighted by Gasteiger charge is 2.08. The van der Waals surface area contributed by atoms with Crippen LogP contribution in [0.15, 0.2) is 18.3 Å². The predicted octanol–water partition coefficient (Wildman–Crippen LogP) is 3.44. The second-order valence-electron chi connectivity index (χ2n) is 5.24. The summed E-state index contributed by atoms with van der Waals surface area (Å²) in [6.45, 7) is 8.35. The number of methoxy groups -OCH3 is 1. The first-order valence-electron chi connectivity index (χ1n) is 7.65. The maximum absolute atomic E-state index is 5.05. The Kier molecular flexibility index (Phi) is 8.59. The van der Waals surface area contributed by atoms with Crippen LogP contribution in [0.25, 0.3) is 0 Å². The molecule has 1 aromatic heterocycles. The van der Waals surface area contributed by atoms with Crippen molar-refractivity contribution in [2.75, 3.05) is 20.3 Å². The van der Waals surface area contributed by atoms with Crippen LogP contribution in [-0.2, 0) is 17.8 Å². The molecule has 0 aliphatic carbocycles. The molecule has 0 saturated heterocycles. The van der Waals surface area contributed by atoms with E-state index in [1.54, 1.807) is 7.11 Å². The van der Waals surface area contributed by atoms with Crippen LogP contribution in [0.4, 0.5) is 0 Å². The fourth-order valence-electron chi connectivity index (χ4n) is 2.37. The van der Waals surface area contributed by atoms with Gasteiger partial charge in [-0.2, -0.15) is 0 Å². The lowest BCUT2D eigenvalue weighted by atomic mass is 9.99. The first-order valence-corrected chi connectivity index (χ1v) is 7.65. The fourth-order valence-corrected chi connectivity index (χ4v) is 2.37. The number of ether oxygens (including phenoxy) is 1. The summed E-state index contributed by atoms with van der Waals surface area (Å²) < 4.78 is 7.45. The third-order valence-corrected chi connectivity index (χ3v) is 3.71. The lowest BCUT2D eigenvalue weighted by Crippen LogP contribution is -2.21. The van der Waals surface area contributed by atoms with Gasteiger partial charge in [-0.25, -0.2) is 0 Å². The standard InChI is InChI=1S/C16H30N2O/c1-4-6-8-15(5-2)14-18-11-7-9-16(18)13-17-10-12-19-3/h7,9,11,15,17H,4-6,8,10,12-14H2,1-3H3. The van der Waals surface area contributed by atoms with Crippen molar-refractivity contribution >= 4 is 0 Å². The molecule has 1 atom stereocenters. The minimum absolute atomic E-state index is 0.773. The molecule has 1 unspecified atom stereocenters. The Morgan fingerprint density at radius 1 is 1.37 bits per heavy atom. The van der Waals surface area contributed by atoms with Crippen LogP contribution in [0.5, 0.6) is 0 Å². The van der Waals surface area contributed by atoms with E-state index in [1.165, 1.54) is 31.4 Å². The van der Waals surface area contributed by atoms with Crippen molar-refractivity contribution in [1.82, 2.24) is 9.88 Å². The molecular formula is C16H30N2O. The van der Waals surface area contributed by atoms with Crippen molar-refractivity contribution in [2.45, 2.75) is 52.6 Å². The van der Waals surface area contributed by atoms with Gasteiger partial charge in [-0.3, -0.25) is 0 Å². The maximum atomic E-state index is 5.05. The van der Waals surface area contributed by atoms with Crippen LogP contribution in [0, 0.1) is 5.92 Å². The molecule has 0 amide bonds. The Morgan fingerprint density at radius 2 is 2.21 bits per heavy atom. The molecule has 1 heterocycles. The summed E-state index contributed by atoms with van der Waals surface area (Å²) in [6.07, 6.45) is 7.48. The molecule has 1 aromatic rings. The van der Waals surface area contributed by atoms with Crippen molar-refractivity contribution in [3.05, 3.63) is 24.0 Å². The Balaban J connectivity index is 2.41. The molecule has 3 nitrogen and oxygen atoms in total. The van der Waals surface area contributed by atoms with Crippen LogP contribution in [0.1, 0.15) is 45.2 Å². The van der Waals surface area contributed by atoms with E-state index in [0.29, 0.717) is 0 Å². The first kappa shape index (κ1) is 16.3. The quantitative estimate of drug-likeness (QED) is 0.621. The topological polar surface area (TPSA) is 26.2 Å². The largest absolute Gasteiger partial charge is 0.383 e. The summed E-state index contributed by atoms with van der Waals surface area (Å²) >= 11 is 0. The van der Waals surface area contributed by atoms with Gasteiger partial charge in [0.2, 0.25) is 0 Å². The van der Waals surface area contributed by atoms with Crippen LogP contribution in [0.2, 0.25) is 0 Å². The maximum Gasteiger partial charge on any atom is 0.0587 e. The molecule has 0 aliphatic heterocycles. The zero-order valence-corrected chi connectivity index (χ0v) is 12.8. The minimum Gasteiger partial charge on any atom is -0.383 e. The van der Waals surface area contributed by atoms with E-state index in [-0.39, 0.29) is 0 Å². The average molecular weight is 266 g/mol. The first-order chi connectivity index (χ1) is 9.31. The lowest BCUT2D eigenvalue weighted by Gasteiger charge is -2.18. The van der Waals surface area contributed by atoms with Gasteiger partial charge in [0.1, 0.15) is 0 Å². The van der Waals surface area contributed by atoms with Gasteiger partial charge in [0.05, 0.1) is 6.61 Å². The molecule has 0 fully saturated rings. The highest BCUT2D eigenvalue weighted by atomic mass is 16.5. The van der Waals surface area contributed by atoms with Crippen LogP contribution >= 0.6 is 0 Å². The van der Waals surface area contributed by atoms with E-state index in [9.17, 15) is 0 Å². The monoisotopic (exact) mass is 266 g/mol. The Hall–Kier alpha value is -0.800. The van der Waals surface area contributed by atoms with Crippen LogP contribution in [-0.4, -0.2) is 24.8 Å². The molecule has 19 heavy (non-hydrogen) atoms. The average Bonchev–Trinajstić information content (AvgIpc) is 2.87. The smallest absolute Gasteiger partial charge is 0.0587 e. The number of hydrogen-bond donors (Lipinski definition) is 1. The Bertz CT molecular complexity index is 322. The van der Waals surface area contributed by atoms with E-state index < -0.39 is 0 Å². The lowest BCUT2D eigenvalue weighted by molar-refractivity contribution is 0.199. The second kappa shape index (κ2) is 10.0. The van der Waals surface area contributed by atoms with Crippen molar-refractivity contribution in [1.29, 1.82) is 0 Å². The Labute approximate surface area is 118 Å². The number of nitrogens with one attached hydrogen (secondary N) is 1. The highest BCUT2D eigenvalue weighted by Crippen LogP contribution is 2.16. The number of hydrogen-bond acceptors (Lipinski definition) is 2. The highest BCUT2D eigenvalue weighted by molar-refractivity contribution is 5.07. The van der Waals surface area contributed by atoms with Gasteiger partial charge < -0.3 is 14.6 Å². The number of aromatic nitrogens is 1. The molecule has 0 spiro atoms. The van der Waals surface area contributed by atoms with Gasteiger partial charge in [-0.05, 0) is 24.5 Å². The molecule has 0 bridgehead atoms. The zero-order valence-electron chi connectivity index (χ0n) is 12.8. The normalized spacial score (nSPS) is 12.8. The summed E-state index contributed by atoms with van der Waals surface area (Å²) in [5.41, 5.74) is 1.38. The summed E-state index contributed by atoms with van der Waals surface area (Å²) in [5, 5.41) is 3.42. The molecule has 1 rings (SSSR count). The van der Waals surface area contributed by atoms with Crippen LogP contribution in [0.3, 0.4) is 0 Å². The van der Waals surface area contributed by atoms with E-state index in [0.717, 1.165) is 32.2 Å². The Morgan fingerprint density at radius 3 is 2.89 bits per heavy atom.